The standard InChI is InChI=1S/C6H7N3O2S/c1-2-12(10,11)9-5-6(3-7)4-8-9/h4-5H,2H2,1H3. The van der Waals surface area contributed by atoms with Gasteiger partial charge in [-0.2, -0.15) is 14.4 Å². The normalized spacial score (nSPS) is 11.0. The molecule has 1 rings (SSSR count). The van der Waals surface area contributed by atoms with E-state index in [1.165, 1.54) is 19.3 Å². The molecule has 0 saturated carbocycles. The second kappa shape index (κ2) is 2.95. The van der Waals surface area contributed by atoms with Gasteiger partial charge in [-0.3, -0.25) is 0 Å². The fourth-order valence-corrected chi connectivity index (χ4v) is 1.38. The summed E-state index contributed by atoms with van der Waals surface area (Å²) in [5.74, 6) is -0.0282. The summed E-state index contributed by atoms with van der Waals surface area (Å²) in [7, 11) is -3.33. The maximum Gasteiger partial charge on any atom is 0.253 e. The number of nitriles is 1. The summed E-state index contributed by atoms with van der Waals surface area (Å²) in [6.45, 7) is 1.52. The number of rotatable bonds is 2. The van der Waals surface area contributed by atoms with Crippen LogP contribution in [0.3, 0.4) is 0 Å². The predicted octanol–water partition coefficient (Wildman–Crippen LogP) is -0.0474. The highest BCUT2D eigenvalue weighted by atomic mass is 32.2. The van der Waals surface area contributed by atoms with Crippen LogP contribution in [0.25, 0.3) is 0 Å². The first-order chi connectivity index (χ1) is 5.60. The van der Waals surface area contributed by atoms with E-state index in [-0.39, 0.29) is 11.3 Å². The van der Waals surface area contributed by atoms with E-state index in [1.54, 1.807) is 6.07 Å². The zero-order chi connectivity index (χ0) is 9.19. The van der Waals surface area contributed by atoms with Crippen molar-refractivity contribution in [1.82, 2.24) is 9.19 Å². The molecule has 0 unspecified atom stereocenters. The van der Waals surface area contributed by atoms with Crippen molar-refractivity contribution < 1.29 is 8.42 Å². The molecule has 0 N–H and O–H groups in total. The summed E-state index contributed by atoms with van der Waals surface area (Å²) < 4.78 is 23.1. The van der Waals surface area contributed by atoms with Crippen molar-refractivity contribution in [2.24, 2.45) is 0 Å². The summed E-state index contributed by atoms with van der Waals surface area (Å²) in [6.07, 6.45) is 2.41. The van der Waals surface area contributed by atoms with Gasteiger partial charge in [0.1, 0.15) is 6.07 Å². The smallest absolute Gasteiger partial charge is 0.205 e. The van der Waals surface area contributed by atoms with E-state index in [4.69, 9.17) is 5.26 Å². The Balaban J connectivity index is 3.16. The maximum atomic E-state index is 11.1. The highest BCUT2D eigenvalue weighted by molar-refractivity contribution is 7.89. The van der Waals surface area contributed by atoms with Gasteiger partial charge in [-0.1, -0.05) is 0 Å². The first-order valence-electron chi connectivity index (χ1n) is 3.28. The molecule has 0 fully saturated rings. The molecule has 0 bridgehead atoms. The molecule has 64 valence electrons. The Morgan fingerprint density at radius 3 is 2.83 bits per heavy atom. The van der Waals surface area contributed by atoms with Gasteiger partial charge in [-0.05, 0) is 6.92 Å². The van der Waals surface area contributed by atoms with Crippen molar-refractivity contribution >= 4 is 10.0 Å². The third kappa shape index (κ3) is 1.46. The van der Waals surface area contributed by atoms with Crippen LogP contribution >= 0.6 is 0 Å². The van der Waals surface area contributed by atoms with Crippen molar-refractivity contribution in [2.45, 2.75) is 6.92 Å². The van der Waals surface area contributed by atoms with Crippen LogP contribution in [0, 0.1) is 11.3 Å². The van der Waals surface area contributed by atoms with Gasteiger partial charge in [0.25, 0.3) is 10.0 Å². The van der Waals surface area contributed by atoms with Gasteiger partial charge in [0.05, 0.1) is 23.7 Å². The minimum atomic E-state index is -3.33. The second-order valence-electron chi connectivity index (χ2n) is 2.11. The minimum absolute atomic E-state index is 0.0282. The first-order valence-corrected chi connectivity index (χ1v) is 4.89. The van der Waals surface area contributed by atoms with Crippen LogP contribution in [-0.4, -0.2) is 23.4 Å². The molecular formula is C6H7N3O2S. The van der Waals surface area contributed by atoms with E-state index < -0.39 is 10.0 Å². The lowest BCUT2D eigenvalue weighted by Gasteiger charge is -1.97. The molecule has 0 spiro atoms. The van der Waals surface area contributed by atoms with Crippen LogP contribution < -0.4 is 0 Å². The number of aromatic nitrogens is 2. The Morgan fingerprint density at radius 2 is 2.42 bits per heavy atom. The molecule has 5 nitrogen and oxygen atoms in total. The molecule has 0 aromatic carbocycles. The quantitative estimate of drug-likeness (QED) is 0.647. The van der Waals surface area contributed by atoms with Gasteiger partial charge in [0, 0.05) is 0 Å². The molecule has 0 amide bonds. The van der Waals surface area contributed by atoms with Gasteiger partial charge in [0.2, 0.25) is 0 Å². The molecule has 0 saturated heterocycles. The lowest BCUT2D eigenvalue weighted by molar-refractivity contribution is 0.581. The zero-order valence-electron chi connectivity index (χ0n) is 6.43. The molecule has 1 aromatic rings. The molecule has 6 heteroatoms. The van der Waals surface area contributed by atoms with E-state index in [0.29, 0.717) is 0 Å². The van der Waals surface area contributed by atoms with Crippen LogP contribution in [0.15, 0.2) is 12.4 Å². The fourth-order valence-electron chi connectivity index (χ4n) is 0.647. The molecule has 0 aliphatic heterocycles. The Kier molecular flexibility index (Phi) is 2.15. The van der Waals surface area contributed by atoms with Crippen molar-refractivity contribution in [3.63, 3.8) is 0 Å². The average molecular weight is 185 g/mol. The van der Waals surface area contributed by atoms with E-state index in [1.807, 2.05) is 0 Å². The molecule has 0 radical (unpaired) electrons. The molecule has 1 aromatic heterocycles. The summed E-state index contributed by atoms with van der Waals surface area (Å²) >= 11 is 0. The summed E-state index contributed by atoms with van der Waals surface area (Å²) in [5.41, 5.74) is 0.243. The predicted molar refractivity (Wildman–Crippen MR) is 41.8 cm³/mol. The average Bonchev–Trinajstić information content (AvgIpc) is 2.52. The topological polar surface area (TPSA) is 75.8 Å². The van der Waals surface area contributed by atoms with E-state index in [0.717, 1.165) is 4.09 Å². The molecular weight excluding hydrogens is 178 g/mol. The summed E-state index contributed by atoms with van der Waals surface area (Å²) in [6, 6.07) is 1.80. The van der Waals surface area contributed by atoms with Gasteiger partial charge in [-0.15, -0.1) is 0 Å². The SMILES string of the molecule is CCS(=O)(=O)n1cc(C#N)cn1. The number of hydrogen-bond acceptors (Lipinski definition) is 4. The van der Waals surface area contributed by atoms with Gasteiger partial charge in [-0.25, -0.2) is 8.42 Å². The molecule has 0 aliphatic carbocycles. The summed E-state index contributed by atoms with van der Waals surface area (Å²) in [5, 5.41) is 11.9. The second-order valence-corrected chi connectivity index (χ2v) is 4.23. The molecule has 0 atom stereocenters. The number of hydrogen-bond donors (Lipinski definition) is 0. The fraction of sp³-hybridized carbons (Fsp3) is 0.333. The van der Waals surface area contributed by atoms with Crippen LogP contribution in [0.5, 0.6) is 0 Å². The molecule has 1 heterocycles. The van der Waals surface area contributed by atoms with Crippen LogP contribution in [0.2, 0.25) is 0 Å². The van der Waals surface area contributed by atoms with E-state index >= 15 is 0 Å². The van der Waals surface area contributed by atoms with E-state index in [2.05, 4.69) is 5.10 Å². The molecule has 12 heavy (non-hydrogen) atoms. The van der Waals surface area contributed by atoms with Gasteiger partial charge < -0.3 is 0 Å². The summed E-state index contributed by atoms with van der Waals surface area (Å²) in [4.78, 5) is 0. The maximum absolute atomic E-state index is 11.1. The zero-order valence-corrected chi connectivity index (χ0v) is 7.24. The third-order valence-corrected chi connectivity index (χ3v) is 2.84. The van der Waals surface area contributed by atoms with Crippen molar-refractivity contribution in [3.8, 4) is 6.07 Å². The van der Waals surface area contributed by atoms with Crippen molar-refractivity contribution in [1.29, 1.82) is 5.26 Å². The highest BCUT2D eigenvalue weighted by Gasteiger charge is 2.10. The minimum Gasteiger partial charge on any atom is -0.205 e. The largest absolute Gasteiger partial charge is 0.253 e. The highest BCUT2D eigenvalue weighted by Crippen LogP contribution is 1.99. The first kappa shape index (κ1) is 8.74. The van der Waals surface area contributed by atoms with Crippen molar-refractivity contribution in [3.05, 3.63) is 18.0 Å². The van der Waals surface area contributed by atoms with Gasteiger partial charge >= 0.3 is 0 Å². The monoisotopic (exact) mass is 185 g/mol. The lowest BCUT2D eigenvalue weighted by Crippen LogP contribution is -2.14. The lowest BCUT2D eigenvalue weighted by atomic mass is 10.4. The van der Waals surface area contributed by atoms with Crippen molar-refractivity contribution in [2.75, 3.05) is 5.75 Å². The van der Waals surface area contributed by atoms with Gasteiger partial charge in [0.15, 0.2) is 0 Å². The Labute approximate surface area is 70.3 Å². The van der Waals surface area contributed by atoms with Crippen LogP contribution in [-0.2, 0) is 10.0 Å². The Bertz CT molecular complexity index is 412. The Morgan fingerprint density at radius 1 is 1.75 bits per heavy atom. The number of nitrogens with zero attached hydrogens (tertiary/aromatic N) is 3. The molecule has 0 aliphatic rings. The van der Waals surface area contributed by atoms with E-state index in [9.17, 15) is 8.42 Å². The van der Waals surface area contributed by atoms with Crippen LogP contribution in [0.1, 0.15) is 12.5 Å². The third-order valence-electron chi connectivity index (χ3n) is 1.34. The van der Waals surface area contributed by atoms with Crippen LogP contribution in [0.4, 0.5) is 0 Å². The Hall–Kier alpha value is -1.35.